The van der Waals surface area contributed by atoms with Crippen molar-refractivity contribution in [2.75, 3.05) is 31.0 Å². The van der Waals surface area contributed by atoms with Gasteiger partial charge >= 0.3 is 5.69 Å². The molecule has 0 amide bonds. The van der Waals surface area contributed by atoms with E-state index in [-0.39, 0.29) is 30.3 Å². The van der Waals surface area contributed by atoms with E-state index in [9.17, 15) is 14.7 Å². The highest BCUT2D eigenvalue weighted by molar-refractivity contribution is 5.81. The molecule has 10 nitrogen and oxygen atoms in total. The maximum atomic E-state index is 12.2. The van der Waals surface area contributed by atoms with Crippen LogP contribution in [0.1, 0.15) is 5.56 Å². The second-order valence-corrected chi connectivity index (χ2v) is 6.16. The van der Waals surface area contributed by atoms with Crippen molar-refractivity contribution < 1.29 is 5.11 Å². The van der Waals surface area contributed by atoms with Crippen molar-refractivity contribution in [1.29, 1.82) is 0 Å². The summed E-state index contributed by atoms with van der Waals surface area (Å²) >= 11 is 0. The first kappa shape index (κ1) is 18.4. The molecule has 27 heavy (non-hydrogen) atoms. The molecule has 0 aliphatic carbocycles. The summed E-state index contributed by atoms with van der Waals surface area (Å²) in [5.74, 6) is 0.256. The van der Waals surface area contributed by atoms with Crippen LogP contribution in [0.3, 0.4) is 0 Å². The molecule has 0 atom stereocenters. The van der Waals surface area contributed by atoms with Crippen LogP contribution in [-0.2, 0) is 13.6 Å². The highest BCUT2D eigenvalue weighted by Gasteiger charge is 2.16. The maximum absolute atomic E-state index is 12.2. The number of hydrogen-bond acceptors (Lipinski definition) is 7. The third-order valence-corrected chi connectivity index (χ3v) is 4.12. The number of anilines is 2. The highest BCUT2D eigenvalue weighted by Crippen LogP contribution is 2.15. The van der Waals surface area contributed by atoms with Gasteiger partial charge in [0.1, 0.15) is 0 Å². The largest absolute Gasteiger partial charge is 0.395 e. The molecule has 0 bridgehead atoms. The zero-order valence-electron chi connectivity index (χ0n) is 15.3. The van der Waals surface area contributed by atoms with Crippen LogP contribution in [0.4, 0.5) is 11.6 Å². The number of aliphatic hydroxyl groups excluding tert-OH is 1. The summed E-state index contributed by atoms with van der Waals surface area (Å²) in [4.78, 5) is 32.4. The van der Waals surface area contributed by atoms with Crippen LogP contribution in [0, 0.1) is 0 Å². The van der Waals surface area contributed by atoms with Crippen LogP contribution in [0.25, 0.3) is 11.2 Å². The summed E-state index contributed by atoms with van der Waals surface area (Å²) in [6.45, 7) is -0.0642. The fraction of sp³-hybridized carbons (Fsp3) is 0.294. The molecule has 3 N–H and O–H groups in total. The Labute approximate surface area is 154 Å². The number of nitrogens with one attached hydrogen (secondary N) is 2. The first-order valence-electron chi connectivity index (χ1n) is 8.29. The van der Waals surface area contributed by atoms with E-state index < -0.39 is 11.2 Å². The molecular formula is C17H21N7O3. The van der Waals surface area contributed by atoms with E-state index in [1.807, 2.05) is 43.3 Å². The van der Waals surface area contributed by atoms with Gasteiger partial charge in [-0.2, -0.15) is 10.1 Å². The molecule has 0 unspecified atom stereocenters. The summed E-state index contributed by atoms with van der Waals surface area (Å²) in [6.07, 6.45) is 1.62. The van der Waals surface area contributed by atoms with E-state index in [4.69, 9.17) is 0 Å². The van der Waals surface area contributed by atoms with E-state index in [0.29, 0.717) is 0 Å². The lowest BCUT2D eigenvalue weighted by Gasteiger charge is -2.11. The number of nitrogens with zero attached hydrogens (tertiary/aromatic N) is 5. The van der Waals surface area contributed by atoms with E-state index in [1.165, 1.54) is 16.2 Å². The number of fused-ring (bicyclic) bond motifs is 1. The van der Waals surface area contributed by atoms with Crippen molar-refractivity contribution in [3.8, 4) is 0 Å². The van der Waals surface area contributed by atoms with Crippen LogP contribution in [-0.4, -0.2) is 51.1 Å². The van der Waals surface area contributed by atoms with Crippen LogP contribution in [0.15, 0.2) is 39.0 Å². The van der Waals surface area contributed by atoms with Gasteiger partial charge in [0.05, 0.1) is 12.8 Å². The minimum Gasteiger partial charge on any atom is -0.395 e. The predicted molar refractivity (Wildman–Crippen MR) is 105 cm³/mol. The number of aliphatic hydroxyl groups is 1. The molecular weight excluding hydrogens is 350 g/mol. The standard InChI is InChI=1S/C17H21N7O3/c1-22(2)12-6-4-11(5-7-12)10-18-21-16-19-14-13(24(16)8-9-25)15(26)20-17(27)23(14)3/h4-7,10,25H,8-9H2,1-3H3,(H,19,21)(H,20,26,27)/b18-10-. The summed E-state index contributed by atoms with van der Waals surface area (Å²) in [5.41, 5.74) is 4.02. The van der Waals surface area contributed by atoms with E-state index in [0.717, 1.165) is 11.3 Å². The molecule has 2 aromatic heterocycles. The van der Waals surface area contributed by atoms with E-state index >= 15 is 0 Å². The number of imidazole rings is 1. The molecule has 10 heteroatoms. The third-order valence-electron chi connectivity index (χ3n) is 4.12. The topological polar surface area (TPSA) is 121 Å². The van der Waals surface area contributed by atoms with Crippen molar-refractivity contribution in [2.45, 2.75) is 6.54 Å². The van der Waals surface area contributed by atoms with Gasteiger partial charge in [-0.1, -0.05) is 12.1 Å². The Morgan fingerprint density at radius 1 is 1.30 bits per heavy atom. The van der Waals surface area contributed by atoms with Crippen molar-refractivity contribution in [3.05, 3.63) is 50.7 Å². The average molecular weight is 371 g/mol. The number of hydrazone groups is 1. The third kappa shape index (κ3) is 3.60. The van der Waals surface area contributed by atoms with Crippen LogP contribution in [0.5, 0.6) is 0 Å². The monoisotopic (exact) mass is 371 g/mol. The number of H-pyrrole nitrogens is 1. The van der Waals surface area contributed by atoms with E-state index in [2.05, 4.69) is 20.5 Å². The number of aromatic amines is 1. The second-order valence-electron chi connectivity index (χ2n) is 6.16. The fourth-order valence-electron chi connectivity index (χ4n) is 2.66. The molecule has 3 aromatic rings. The van der Waals surface area contributed by atoms with Gasteiger partial charge in [0.25, 0.3) is 5.56 Å². The molecule has 1 aromatic carbocycles. The highest BCUT2D eigenvalue weighted by atomic mass is 16.3. The smallest absolute Gasteiger partial charge is 0.329 e. The zero-order chi connectivity index (χ0) is 19.6. The lowest BCUT2D eigenvalue weighted by molar-refractivity contribution is 0.278. The van der Waals surface area contributed by atoms with Crippen molar-refractivity contribution in [1.82, 2.24) is 19.1 Å². The molecule has 142 valence electrons. The van der Waals surface area contributed by atoms with E-state index in [1.54, 1.807) is 6.21 Å². The summed E-state index contributed by atoms with van der Waals surface area (Å²) < 4.78 is 2.72. The molecule has 0 radical (unpaired) electrons. The fourth-order valence-corrected chi connectivity index (χ4v) is 2.66. The normalized spacial score (nSPS) is 11.4. The van der Waals surface area contributed by atoms with Gasteiger partial charge in [0.15, 0.2) is 11.2 Å². The van der Waals surface area contributed by atoms with Crippen molar-refractivity contribution in [3.63, 3.8) is 0 Å². The first-order valence-corrected chi connectivity index (χ1v) is 8.29. The molecule has 2 heterocycles. The van der Waals surface area contributed by atoms with Gasteiger partial charge in [-0.3, -0.25) is 14.3 Å². The minimum atomic E-state index is -0.564. The molecule has 0 fully saturated rings. The Balaban J connectivity index is 1.93. The van der Waals surface area contributed by atoms with Crippen LogP contribution < -0.4 is 21.6 Å². The number of rotatable bonds is 6. The van der Waals surface area contributed by atoms with Crippen molar-refractivity contribution in [2.24, 2.45) is 12.1 Å². The minimum absolute atomic E-state index is 0.132. The Hall–Kier alpha value is -3.40. The maximum Gasteiger partial charge on any atom is 0.329 e. The van der Waals surface area contributed by atoms with Crippen LogP contribution >= 0.6 is 0 Å². The molecule has 3 rings (SSSR count). The number of hydrogen-bond donors (Lipinski definition) is 3. The summed E-state index contributed by atoms with van der Waals surface area (Å²) in [7, 11) is 5.44. The molecule has 0 aliphatic heterocycles. The second kappa shape index (κ2) is 7.46. The summed E-state index contributed by atoms with van der Waals surface area (Å²) in [5, 5.41) is 13.5. The SMILES string of the molecule is CN(C)c1ccc(/C=N\Nc2nc3c(c(=O)[nH]c(=O)n3C)n2CCO)cc1. The van der Waals surface area contributed by atoms with Gasteiger partial charge in [0, 0.05) is 33.4 Å². The molecule has 0 saturated heterocycles. The van der Waals surface area contributed by atoms with Gasteiger partial charge in [-0.25, -0.2) is 10.2 Å². The van der Waals surface area contributed by atoms with Gasteiger partial charge in [-0.15, -0.1) is 0 Å². The van der Waals surface area contributed by atoms with Gasteiger partial charge in [-0.05, 0) is 17.7 Å². The molecule has 0 aliphatic rings. The molecule has 0 spiro atoms. The average Bonchev–Trinajstić information content (AvgIpc) is 3.00. The lowest BCUT2D eigenvalue weighted by atomic mass is 10.2. The predicted octanol–water partition coefficient (Wildman–Crippen LogP) is -0.0724. The zero-order valence-corrected chi connectivity index (χ0v) is 15.3. The Morgan fingerprint density at radius 2 is 2.00 bits per heavy atom. The lowest BCUT2D eigenvalue weighted by Crippen LogP contribution is -2.29. The first-order chi connectivity index (χ1) is 12.9. The molecule has 0 saturated carbocycles. The van der Waals surface area contributed by atoms with Crippen molar-refractivity contribution >= 4 is 29.0 Å². The Bertz CT molecular complexity index is 1090. The number of aryl methyl sites for hydroxylation is 1. The number of aromatic nitrogens is 4. The Kier molecular flexibility index (Phi) is 5.08. The quantitative estimate of drug-likeness (QED) is 0.412. The van der Waals surface area contributed by atoms with Gasteiger partial charge in [0.2, 0.25) is 5.95 Å². The summed E-state index contributed by atoms with van der Waals surface area (Å²) in [6, 6.07) is 7.78. The Morgan fingerprint density at radius 3 is 2.63 bits per heavy atom. The van der Waals surface area contributed by atoms with Gasteiger partial charge < -0.3 is 14.6 Å². The number of benzene rings is 1. The van der Waals surface area contributed by atoms with Crippen LogP contribution in [0.2, 0.25) is 0 Å².